The van der Waals surface area contributed by atoms with Crippen LogP contribution in [-0.4, -0.2) is 19.4 Å². The van der Waals surface area contributed by atoms with E-state index in [0.717, 1.165) is 14.8 Å². The zero-order valence-corrected chi connectivity index (χ0v) is 11.2. The minimum absolute atomic E-state index is 0.521. The number of hydrogen-bond donors (Lipinski definition) is 1. The van der Waals surface area contributed by atoms with Crippen molar-refractivity contribution in [1.29, 1.82) is 0 Å². The number of thiol groups is 1. The van der Waals surface area contributed by atoms with Crippen LogP contribution in [0.1, 0.15) is 37.7 Å². The second kappa shape index (κ2) is 5.73. The number of rotatable bonds is 3. The molecule has 0 bridgehead atoms. The highest BCUT2D eigenvalue weighted by Crippen LogP contribution is 2.31. The van der Waals surface area contributed by atoms with Crippen LogP contribution in [0.15, 0.2) is 15.3 Å². The van der Waals surface area contributed by atoms with Crippen molar-refractivity contribution < 1.29 is 4.74 Å². The van der Waals surface area contributed by atoms with Gasteiger partial charge in [-0.05, 0) is 12.8 Å². The highest BCUT2D eigenvalue weighted by molar-refractivity contribution is 7.83. The lowest BCUT2D eigenvalue weighted by Gasteiger charge is -2.16. The van der Waals surface area contributed by atoms with Crippen LogP contribution in [0.2, 0.25) is 0 Å². The first kappa shape index (κ1) is 12.0. The Hall–Kier alpha value is -0.480. The Kier molecular flexibility index (Phi) is 4.29. The van der Waals surface area contributed by atoms with Gasteiger partial charge in [-0.3, -0.25) is 4.99 Å². The van der Waals surface area contributed by atoms with E-state index in [9.17, 15) is 0 Å². The molecule has 1 saturated carbocycles. The number of ether oxygens (including phenoxy) is 1. The molecule has 1 fully saturated rings. The largest absolute Gasteiger partial charge is 0.487 e. The smallest absolute Gasteiger partial charge is 0.175 e. The first-order chi connectivity index (χ1) is 7.79. The summed E-state index contributed by atoms with van der Waals surface area (Å²) in [5, 5.41) is 0.898. The van der Waals surface area contributed by atoms with E-state index in [0.29, 0.717) is 6.04 Å². The van der Waals surface area contributed by atoms with E-state index >= 15 is 0 Å². The van der Waals surface area contributed by atoms with Crippen molar-refractivity contribution >= 4 is 30.2 Å². The van der Waals surface area contributed by atoms with Gasteiger partial charge in [-0.1, -0.05) is 30.6 Å². The second-order valence-electron chi connectivity index (χ2n) is 4.10. The van der Waals surface area contributed by atoms with Crippen LogP contribution >= 0.6 is 24.0 Å². The van der Waals surface area contributed by atoms with Gasteiger partial charge in [0.05, 0.1) is 11.3 Å². The average Bonchev–Trinajstić information content (AvgIpc) is 2.69. The predicted octanol–water partition coefficient (Wildman–Crippen LogP) is 3.80. The van der Waals surface area contributed by atoms with Crippen LogP contribution in [-0.2, 0) is 0 Å². The highest BCUT2D eigenvalue weighted by atomic mass is 32.2. The van der Waals surface area contributed by atoms with E-state index in [1.54, 1.807) is 18.4 Å². The van der Waals surface area contributed by atoms with Gasteiger partial charge in [0.25, 0.3) is 0 Å². The topological polar surface area (TPSA) is 21.6 Å². The zero-order valence-electron chi connectivity index (χ0n) is 9.48. The lowest BCUT2D eigenvalue weighted by molar-refractivity contribution is 0.427. The fraction of sp³-hybridized carbons (Fsp3) is 0.583. The summed E-state index contributed by atoms with van der Waals surface area (Å²) in [5.74, 6) is 0. The molecule has 0 aliphatic heterocycles. The maximum Gasteiger partial charge on any atom is 0.175 e. The Morgan fingerprint density at radius 3 is 2.81 bits per heavy atom. The summed E-state index contributed by atoms with van der Waals surface area (Å²) in [6.07, 6.45) is 8.44. The molecule has 0 aromatic carbocycles. The predicted molar refractivity (Wildman–Crippen MR) is 72.6 cm³/mol. The third kappa shape index (κ3) is 3.01. The molecule has 0 saturated heterocycles. The number of thiophene rings is 1. The van der Waals surface area contributed by atoms with Gasteiger partial charge in [-0.2, -0.15) is 0 Å². The van der Waals surface area contributed by atoms with Gasteiger partial charge >= 0.3 is 0 Å². The van der Waals surface area contributed by atoms with Crippen LogP contribution in [0.5, 0.6) is 5.06 Å². The summed E-state index contributed by atoms with van der Waals surface area (Å²) in [6.45, 7) is 0. The molecule has 4 heteroatoms. The maximum absolute atomic E-state index is 5.18. The monoisotopic (exact) mass is 255 g/mol. The van der Waals surface area contributed by atoms with Crippen molar-refractivity contribution in [3.8, 4) is 5.06 Å². The summed E-state index contributed by atoms with van der Waals surface area (Å²) in [6, 6.07) is 2.52. The van der Waals surface area contributed by atoms with E-state index in [2.05, 4.69) is 17.6 Å². The summed E-state index contributed by atoms with van der Waals surface area (Å²) >= 11 is 5.97. The number of nitrogens with zero attached hydrogens (tertiary/aromatic N) is 1. The quantitative estimate of drug-likeness (QED) is 0.644. The molecule has 1 aromatic rings. The first-order valence-electron chi connectivity index (χ1n) is 5.69. The molecule has 2 nitrogen and oxygen atoms in total. The van der Waals surface area contributed by atoms with Crippen molar-refractivity contribution in [2.24, 2.45) is 4.99 Å². The van der Waals surface area contributed by atoms with Gasteiger partial charge in [-0.25, -0.2) is 0 Å². The maximum atomic E-state index is 5.18. The lowest BCUT2D eigenvalue weighted by Crippen LogP contribution is -2.09. The summed E-state index contributed by atoms with van der Waals surface area (Å²) in [7, 11) is 1.68. The third-order valence-electron chi connectivity index (χ3n) is 2.92. The fourth-order valence-corrected chi connectivity index (χ4v) is 3.06. The van der Waals surface area contributed by atoms with Crippen LogP contribution in [0.25, 0.3) is 0 Å². The van der Waals surface area contributed by atoms with Crippen molar-refractivity contribution in [1.82, 2.24) is 0 Å². The Balaban J connectivity index is 2.01. The molecule has 0 atom stereocenters. The van der Waals surface area contributed by atoms with E-state index in [-0.39, 0.29) is 0 Å². The molecule has 1 heterocycles. The Morgan fingerprint density at radius 1 is 1.44 bits per heavy atom. The second-order valence-corrected chi connectivity index (χ2v) is 5.86. The summed E-state index contributed by atoms with van der Waals surface area (Å²) < 4.78 is 6.16. The van der Waals surface area contributed by atoms with Gasteiger partial charge in [-0.15, -0.1) is 12.6 Å². The fourth-order valence-electron chi connectivity index (χ4n) is 1.98. The molecule has 1 aromatic heterocycles. The minimum atomic E-state index is 0.521. The Bertz CT molecular complexity index is 367. The van der Waals surface area contributed by atoms with Gasteiger partial charge in [0.15, 0.2) is 5.06 Å². The number of methoxy groups -OCH3 is 1. The molecule has 16 heavy (non-hydrogen) atoms. The van der Waals surface area contributed by atoms with E-state index < -0.39 is 0 Å². The molecule has 0 amide bonds. The first-order valence-corrected chi connectivity index (χ1v) is 6.96. The average molecular weight is 255 g/mol. The standard InChI is InChI=1S/C12H17NOS2/c1-14-11-7-9(12(15)16-11)8-13-10-5-3-2-4-6-10/h7-8,10,15H,2-6H2,1H3. The molecule has 0 N–H and O–H groups in total. The molecular formula is C12H17NOS2. The summed E-state index contributed by atoms with van der Waals surface area (Å²) in [4.78, 5) is 4.64. The van der Waals surface area contributed by atoms with Crippen molar-refractivity contribution in [2.75, 3.05) is 7.11 Å². The lowest BCUT2D eigenvalue weighted by atomic mass is 9.96. The molecule has 0 spiro atoms. The van der Waals surface area contributed by atoms with Crippen LogP contribution in [0, 0.1) is 0 Å². The van der Waals surface area contributed by atoms with E-state index in [1.165, 1.54) is 32.1 Å². The van der Waals surface area contributed by atoms with E-state index in [4.69, 9.17) is 4.74 Å². The Labute approximate surface area is 106 Å². The van der Waals surface area contributed by atoms with Gasteiger partial charge in [0, 0.05) is 23.9 Å². The molecule has 2 rings (SSSR count). The molecular weight excluding hydrogens is 238 g/mol. The van der Waals surface area contributed by atoms with E-state index in [1.807, 2.05) is 12.3 Å². The molecule has 1 aliphatic rings. The highest BCUT2D eigenvalue weighted by Gasteiger charge is 2.11. The van der Waals surface area contributed by atoms with Crippen molar-refractivity contribution in [3.63, 3.8) is 0 Å². The molecule has 0 unspecified atom stereocenters. The van der Waals surface area contributed by atoms with Crippen LogP contribution in [0.3, 0.4) is 0 Å². The van der Waals surface area contributed by atoms with Crippen LogP contribution < -0.4 is 4.74 Å². The molecule has 0 radical (unpaired) electrons. The molecule has 88 valence electrons. The Morgan fingerprint density at radius 2 is 2.19 bits per heavy atom. The SMILES string of the molecule is COc1cc(C=NC2CCCCC2)c(S)s1. The molecule has 1 aliphatic carbocycles. The number of hydrogen-bond acceptors (Lipinski definition) is 4. The van der Waals surface area contributed by atoms with Crippen molar-refractivity contribution in [2.45, 2.75) is 42.4 Å². The van der Waals surface area contributed by atoms with Gasteiger partial charge in [0.2, 0.25) is 0 Å². The van der Waals surface area contributed by atoms with Crippen molar-refractivity contribution in [3.05, 3.63) is 11.6 Å². The van der Waals surface area contributed by atoms with Gasteiger partial charge in [0.1, 0.15) is 0 Å². The normalized spacial score (nSPS) is 18.1. The summed E-state index contributed by atoms with van der Waals surface area (Å²) in [5.41, 5.74) is 1.08. The number of aliphatic imine (C=N–C) groups is 1. The minimum Gasteiger partial charge on any atom is -0.487 e. The van der Waals surface area contributed by atoms with Gasteiger partial charge < -0.3 is 4.74 Å². The zero-order chi connectivity index (χ0) is 11.4. The third-order valence-corrected chi connectivity index (χ3v) is 4.36. The van der Waals surface area contributed by atoms with Crippen LogP contribution in [0.4, 0.5) is 0 Å².